The van der Waals surface area contributed by atoms with Crippen molar-refractivity contribution in [1.29, 1.82) is 0 Å². The van der Waals surface area contributed by atoms with Crippen LogP contribution in [-0.2, 0) is 0 Å². The second-order valence-corrected chi connectivity index (χ2v) is 4.81. The van der Waals surface area contributed by atoms with E-state index < -0.39 is 0 Å². The van der Waals surface area contributed by atoms with Gasteiger partial charge in [0.2, 0.25) is 0 Å². The van der Waals surface area contributed by atoms with Crippen molar-refractivity contribution in [2.45, 2.75) is 12.3 Å². The number of halogens is 1. The zero-order valence-electron chi connectivity index (χ0n) is 10.3. The van der Waals surface area contributed by atoms with Gasteiger partial charge in [0.15, 0.2) is 5.15 Å². The van der Waals surface area contributed by atoms with Crippen molar-refractivity contribution < 1.29 is 0 Å². The minimum Gasteiger partial charge on any atom is -0.276 e. The predicted molar refractivity (Wildman–Crippen MR) is 77.2 cm³/mol. The van der Waals surface area contributed by atoms with Gasteiger partial charge in [0, 0.05) is 23.7 Å². The highest BCUT2D eigenvalue weighted by atomic mass is 35.5. The van der Waals surface area contributed by atoms with Crippen molar-refractivity contribution in [2.24, 2.45) is 0 Å². The van der Waals surface area contributed by atoms with Crippen molar-refractivity contribution in [1.82, 2.24) is 15.2 Å². The molecule has 0 saturated heterocycles. The molecule has 1 aromatic carbocycles. The van der Waals surface area contributed by atoms with E-state index in [0.29, 0.717) is 5.15 Å². The lowest BCUT2D eigenvalue weighted by atomic mass is 9.90. The molecule has 0 aliphatic carbocycles. The second-order valence-electron chi connectivity index (χ2n) is 4.45. The molecule has 2 aromatic heterocycles. The summed E-state index contributed by atoms with van der Waals surface area (Å²) in [5.41, 5.74) is 3.29. The van der Waals surface area contributed by atoms with Gasteiger partial charge in [-0.15, -0.1) is 0 Å². The third-order valence-corrected chi connectivity index (χ3v) is 3.61. The molecule has 0 spiro atoms. The lowest BCUT2D eigenvalue weighted by Crippen LogP contribution is -2.00. The molecule has 0 amide bonds. The van der Waals surface area contributed by atoms with Crippen LogP contribution in [0, 0.1) is 6.92 Å². The highest BCUT2D eigenvalue weighted by molar-refractivity contribution is 6.34. The molecule has 0 fully saturated rings. The summed E-state index contributed by atoms with van der Waals surface area (Å²) in [6.07, 6.45) is 4.43. The van der Waals surface area contributed by atoms with Crippen molar-refractivity contribution >= 4 is 22.5 Å². The molecule has 1 unspecified atom stereocenters. The van der Waals surface area contributed by atoms with Gasteiger partial charge in [-0.25, -0.2) is 0 Å². The van der Waals surface area contributed by atoms with Crippen molar-refractivity contribution in [2.75, 3.05) is 0 Å². The highest BCUT2D eigenvalue weighted by Gasteiger charge is 2.14. The standard InChI is InChI=1S/C15H13ClN3/c1-2-12(11-4-3-7-17-9-11)10-5-6-14-13(8-10)15(16)19-18-14/h3-9,12H,1-2H2,(H,18,19). The SMILES string of the molecule is [CH2]CC(c1cccnc1)c1ccc2[nH]nc(Cl)c2c1. The Morgan fingerprint density at radius 3 is 2.89 bits per heavy atom. The molecular weight excluding hydrogens is 258 g/mol. The minimum atomic E-state index is 0.226. The fraction of sp³-hybridized carbons (Fsp3) is 0.133. The fourth-order valence-corrected chi connectivity index (χ4v) is 2.52. The van der Waals surface area contributed by atoms with E-state index in [1.54, 1.807) is 6.20 Å². The Kier molecular flexibility index (Phi) is 3.22. The number of hydrogen-bond donors (Lipinski definition) is 1. The van der Waals surface area contributed by atoms with E-state index in [4.69, 9.17) is 11.6 Å². The molecule has 1 radical (unpaired) electrons. The Bertz CT molecular complexity index is 691. The summed E-state index contributed by atoms with van der Waals surface area (Å²) in [5.74, 6) is 0.226. The number of aromatic nitrogens is 3. The Hall–Kier alpha value is -1.87. The van der Waals surface area contributed by atoms with E-state index in [9.17, 15) is 0 Å². The molecule has 1 N–H and O–H groups in total. The quantitative estimate of drug-likeness (QED) is 0.782. The number of nitrogens with zero attached hydrogens (tertiary/aromatic N) is 2. The number of aromatic amines is 1. The van der Waals surface area contributed by atoms with Gasteiger partial charge >= 0.3 is 0 Å². The van der Waals surface area contributed by atoms with Gasteiger partial charge in [-0.05, 0) is 35.7 Å². The van der Waals surface area contributed by atoms with Gasteiger partial charge in [0.1, 0.15) is 0 Å². The third kappa shape index (κ3) is 2.22. The van der Waals surface area contributed by atoms with Crippen LogP contribution in [0.1, 0.15) is 23.5 Å². The summed E-state index contributed by atoms with van der Waals surface area (Å²) in [5, 5.41) is 8.36. The number of hydrogen-bond acceptors (Lipinski definition) is 2. The van der Waals surface area contributed by atoms with Gasteiger partial charge in [0.05, 0.1) is 5.52 Å². The smallest absolute Gasteiger partial charge is 0.158 e. The molecule has 0 saturated carbocycles. The summed E-state index contributed by atoms with van der Waals surface area (Å²) < 4.78 is 0. The largest absolute Gasteiger partial charge is 0.276 e. The first kappa shape index (κ1) is 12.2. The van der Waals surface area contributed by atoms with E-state index in [1.807, 2.05) is 18.3 Å². The second kappa shape index (κ2) is 5.02. The van der Waals surface area contributed by atoms with E-state index in [2.05, 4.69) is 40.3 Å². The van der Waals surface area contributed by atoms with Crippen LogP contribution in [0.25, 0.3) is 10.9 Å². The third-order valence-electron chi connectivity index (χ3n) is 3.32. The van der Waals surface area contributed by atoms with E-state index >= 15 is 0 Å². The molecule has 0 aliphatic heterocycles. The Labute approximate surface area is 116 Å². The monoisotopic (exact) mass is 270 g/mol. The molecule has 4 heteroatoms. The Morgan fingerprint density at radius 1 is 1.26 bits per heavy atom. The van der Waals surface area contributed by atoms with Gasteiger partial charge in [-0.1, -0.05) is 30.7 Å². The normalized spacial score (nSPS) is 12.7. The van der Waals surface area contributed by atoms with Crippen LogP contribution in [0.3, 0.4) is 0 Å². The zero-order valence-corrected chi connectivity index (χ0v) is 11.1. The molecule has 0 bridgehead atoms. The molecule has 95 valence electrons. The topological polar surface area (TPSA) is 41.6 Å². The van der Waals surface area contributed by atoms with Crippen molar-refractivity contribution in [3.05, 3.63) is 65.9 Å². The predicted octanol–water partition coefficient (Wildman–Crippen LogP) is 3.97. The number of rotatable bonds is 3. The van der Waals surface area contributed by atoms with Crippen molar-refractivity contribution in [3.63, 3.8) is 0 Å². The van der Waals surface area contributed by atoms with Crippen LogP contribution in [0.5, 0.6) is 0 Å². The van der Waals surface area contributed by atoms with Gasteiger partial charge in [-0.2, -0.15) is 5.10 Å². The first-order valence-corrected chi connectivity index (χ1v) is 6.50. The molecular formula is C15H13ClN3. The summed E-state index contributed by atoms with van der Waals surface area (Å²) in [7, 11) is 0. The van der Waals surface area contributed by atoms with Gasteiger partial charge < -0.3 is 0 Å². The lowest BCUT2D eigenvalue weighted by molar-refractivity contribution is 0.822. The first-order valence-electron chi connectivity index (χ1n) is 6.12. The summed E-state index contributed by atoms with van der Waals surface area (Å²) in [4.78, 5) is 4.18. The number of nitrogens with one attached hydrogen (secondary N) is 1. The molecule has 3 nitrogen and oxygen atoms in total. The van der Waals surface area contributed by atoms with Crippen LogP contribution >= 0.6 is 11.6 Å². The lowest BCUT2D eigenvalue weighted by Gasteiger charge is -2.15. The summed E-state index contributed by atoms with van der Waals surface area (Å²) in [6, 6.07) is 10.2. The molecule has 2 heterocycles. The average molecular weight is 271 g/mol. The first-order chi connectivity index (χ1) is 9.29. The van der Waals surface area contributed by atoms with Crippen molar-refractivity contribution in [3.8, 4) is 0 Å². The van der Waals surface area contributed by atoms with E-state index in [0.717, 1.165) is 22.9 Å². The summed E-state index contributed by atoms with van der Waals surface area (Å²) >= 11 is 6.07. The van der Waals surface area contributed by atoms with E-state index in [1.165, 1.54) is 5.56 Å². The maximum absolute atomic E-state index is 6.07. The minimum absolute atomic E-state index is 0.226. The van der Waals surface area contributed by atoms with Crippen LogP contribution in [-0.4, -0.2) is 15.2 Å². The molecule has 0 aliphatic rings. The Morgan fingerprint density at radius 2 is 2.16 bits per heavy atom. The summed E-state index contributed by atoms with van der Waals surface area (Å²) in [6.45, 7) is 4.04. The molecule has 19 heavy (non-hydrogen) atoms. The van der Waals surface area contributed by atoms with Crippen LogP contribution in [0.15, 0.2) is 42.7 Å². The van der Waals surface area contributed by atoms with E-state index in [-0.39, 0.29) is 5.92 Å². The van der Waals surface area contributed by atoms with Crippen LogP contribution < -0.4 is 0 Å². The number of H-pyrrole nitrogens is 1. The zero-order chi connectivity index (χ0) is 13.2. The molecule has 1 atom stereocenters. The van der Waals surface area contributed by atoms with Crippen LogP contribution in [0.2, 0.25) is 5.15 Å². The molecule has 3 rings (SSSR count). The number of fused-ring (bicyclic) bond motifs is 1. The maximum atomic E-state index is 6.07. The number of pyridine rings is 1. The highest BCUT2D eigenvalue weighted by Crippen LogP contribution is 2.30. The van der Waals surface area contributed by atoms with Gasteiger partial charge in [0.25, 0.3) is 0 Å². The average Bonchev–Trinajstić information content (AvgIpc) is 2.82. The Balaban J connectivity index is 2.08. The number of benzene rings is 1. The maximum Gasteiger partial charge on any atom is 0.158 e. The molecule has 3 aromatic rings. The fourth-order valence-electron chi connectivity index (χ4n) is 2.32. The van der Waals surface area contributed by atoms with Gasteiger partial charge in [-0.3, -0.25) is 10.1 Å². The van der Waals surface area contributed by atoms with Crippen LogP contribution in [0.4, 0.5) is 0 Å².